The van der Waals surface area contributed by atoms with Gasteiger partial charge in [0.2, 0.25) is 0 Å². The minimum atomic E-state index is -0.253. The van der Waals surface area contributed by atoms with Crippen LogP contribution in [-0.4, -0.2) is 35.8 Å². The number of carbonyl (C=O) groups is 2. The molecule has 0 aliphatic rings. The first-order valence-corrected chi connectivity index (χ1v) is 7.93. The van der Waals surface area contributed by atoms with Gasteiger partial charge in [-0.2, -0.15) is 0 Å². The molecule has 0 aliphatic heterocycles. The molecule has 116 valence electrons. The predicted octanol–water partition coefficient (Wildman–Crippen LogP) is 3.08. The van der Waals surface area contributed by atoms with Crippen molar-refractivity contribution in [3.05, 3.63) is 49.9 Å². The summed E-state index contributed by atoms with van der Waals surface area (Å²) in [6, 6.07) is 4.72. The van der Waals surface area contributed by atoms with Gasteiger partial charge in [0.15, 0.2) is 0 Å². The summed E-state index contributed by atoms with van der Waals surface area (Å²) >= 11 is 13.2. The summed E-state index contributed by atoms with van der Waals surface area (Å²) < 4.78 is 0. The molecule has 0 bridgehead atoms. The van der Waals surface area contributed by atoms with Crippen molar-refractivity contribution < 1.29 is 9.59 Å². The van der Waals surface area contributed by atoms with E-state index in [4.69, 9.17) is 23.2 Å². The molecule has 5 nitrogen and oxygen atoms in total. The zero-order valence-corrected chi connectivity index (χ0v) is 14.2. The lowest BCUT2D eigenvalue weighted by Crippen LogP contribution is -2.26. The van der Waals surface area contributed by atoms with Crippen molar-refractivity contribution in [1.82, 2.24) is 15.2 Å². The molecule has 0 spiro atoms. The summed E-state index contributed by atoms with van der Waals surface area (Å²) in [5.41, 5.74) is 0.713. The van der Waals surface area contributed by atoms with E-state index in [9.17, 15) is 9.59 Å². The molecule has 2 rings (SSSR count). The number of nitrogens with one attached hydrogen (secondary N) is 1. The number of nitrogens with zero attached hydrogens (tertiary/aromatic N) is 2. The number of carbonyl (C=O) groups excluding carboxylic acids is 2. The predicted molar refractivity (Wildman–Crippen MR) is 87.8 cm³/mol. The number of thiazole rings is 1. The maximum absolute atomic E-state index is 12.4. The van der Waals surface area contributed by atoms with Gasteiger partial charge in [0.05, 0.1) is 17.1 Å². The van der Waals surface area contributed by atoms with Crippen molar-refractivity contribution in [3.8, 4) is 0 Å². The fraction of sp³-hybridized carbons (Fsp3) is 0.214. The summed E-state index contributed by atoms with van der Waals surface area (Å²) in [6.07, 6.45) is 0. The Morgan fingerprint density at radius 3 is 2.73 bits per heavy atom. The van der Waals surface area contributed by atoms with Crippen LogP contribution < -0.4 is 5.32 Å². The maximum Gasteiger partial charge on any atom is 0.270 e. The van der Waals surface area contributed by atoms with Crippen molar-refractivity contribution >= 4 is 46.4 Å². The first-order chi connectivity index (χ1) is 10.4. The highest BCUT2D eigenvalue weighted by molar-refractivity contribution is 7.09. The highest BCUT2D eigenvalue weighted by atomic mass is 35.5. The molecular weight excluding hydrogens is 345 g/mol. The quantitative estimate of drug-likeness (QED) is 0.914. The summed E-state index contributed by atoms with van der Waals surface area (Å²) in [7, 11) is 3.19. The fourth-order valence-corrected chi connectivity index (χ4v) is 3.08. The molecule has 22 heavy (non-hydrogen) atoms. The average molecular weight is 358 g/mol. The Balaban J connectivity index is 2.11. The Morgan fingerprint density at radius 2 is 2.09 bits per heavy atom. The van der Waals surface area contributed by atoms with Gasteiger partial charge < -0.3 is 10.2 Å². The molecule has 0 radical (unpaired) electrons. The van der Waals surface area contributed by atoms with Gasteiger partial charge in [-0.05, 0) is 18.2 Å². The summed E-state index contributed by atoms with van der Waals surface area (Å²) in [4.78, 5) is 29.5. The molecule has 0 fully saturated rings. The van der Waals surface area contributed by atoms with Gasteiger partial charge in [0.25, 0.3) is 11.8 Å². The van der Waals surface area contributed by atoms with Crippen LogP contribution in [0.1, 0.15) is 25.9 Å². The van der Waals surface area contributed by atoms with Crippen molar-refractivity contribution in [1.29, 1.82) is 0 Å². The van der Waals surface area contributed by atoms with E-state index in [1.165, 1.54) is 22.3 Å². The molecule has 0 unspecified atom stereocenters. The third-order valence-corrected chi connectivity index (χ3v) is 4.27. The van der Waals surface area contributed by atoms with E-state index in [0.717, 1.165) is 0 Å². The minimum Gasteiger partial charge on any atom is -0.354 e. The number of hydrogen-bond acceptors (Lipinski definition) is 4. The largest absolute Gasteiger partial charge is 0.354 e. The zero-order chi connectivity index (χ0) is 16.3. The Hall–Kier alpha value is -1.63. The molecule has 0 atom stereocenters. The van der Waals surface area contributed by atoms with E-state index in [-0.39, 0.29) is 11.8 Å². The van der Waals surface area contributed by atoms with E-state index >= 15 is 0 Å². The zero-order valence-electron chi connectivity index (χ0n) is 11.9. The van der Waals surface area contributed by atoms with E-state index < -0.39 is 0 Å². The molecule has 1 aromatic carbocycles. The number of hydrogen-bond donors (Lipinski definition) is 1. The highest BCUT2D eigenvalue weighted by Crippen LogP contribution is 2.23. The second-order valence-corrected chi connectivity index (χ2v) is 6.28. The normalized spacial score (nSPS) is 10.4. The molecule has 2 aromatic rings. The van der Waals surface area contributed by atoms with Gasteiger partial charge >= 0.3 is 0 Å². The number of benzene rings is 1. The maximum atomic E-state index is 12.4. The SMILES string of the molecule is CNC(=O)c1csc(CN(C)C(=O)c2ccc(Cl)cc2Cl)n1. The first kappa shape index (κ1) is 16.7. The monoisotopic (exact) mass is 357 g/mol. The van der Waals surface area contributed by atoms with Crippen molar-refractivity contribution in [2.24, 2.45) is 0 Å². The molecule has 1 heterocycles. The third-order valence-electron chi connectivity index (χ3n) is 2.89. The van der Waals surface area contributed by atoms with Crippen LogP contribution in [0.5, 0.6) is 0 Å². The summed E-state index contributed by atoms with van der Waals surface area (Å²) in [6.45, 7) is 0.291. The molecule has 2 amide bonds. The standard InChI is InChI=1S/C14H13Cl2N3O2S/c1-17-13(20)11-7-22-12(18-11)6-19(2)14(21)9-4-3-8(15)5-10(9)16/h3-5,7H,6H2,1-2H3,(H,17,20). The second kappa shape index (κ2) is 7.09. The highest BCUT2D eigenvalue weighted by Gasteiger charge is 2.17. The smallest absolute Gasteiger partial charge is 0.270 e. The molecule has 8 heteroatoms. The van der Waals surface area contributed by atoms with Gasteiger partial charge in [0, 0.05) is 24.5 Å². The van der Waals surface area contributed by atoms with E-state index in [2.05, 4.69) is 10.3 Å². The van der Waals surface area contributed by atoms with Crippen LogP contribution >= 0.6 is 34.5 Å². The lowest BCUT2D eigenvalue weighted by atomic mass is 10.2. The Morgan fingerprint density at radius 1 is 1.36 bits per heavy atom. The summed E-state index contributed by atoms with van der Waals surface area (Å²) in [5, 5.41) is 5.60. The van der Waals surface area contributed by atoms with Crippen LogP contribution in [0.2, 0.25) is 10.0 Å². The Labute approximate surface area is 141 Å². The first-order valence-electron chi connectivity index (χ1n) is 6.29. The Bertz CT molecular complexity index is 718. The lowest BCUT2D eigenvalue weighted by molar-refractivity contribution is 0.0785. The van der Waals surface area contributed by atoms with Crippen LogP contribution in [0.25, 0.3) is 0 Å². The fourth-order valence-electron chi connectivity index (χ4n) is 1.76. The van der Waals surface area contributed by atoms with Crippen LogP contribution in [0.15, 0.2) is 23.6 Å². The minimum absolute atomic E-state index is 0.238. The van der Waals surface area contributed by atoms with E-state index in [0.29, 0.717) is 32.9 Å². The van der Waals surface area contributed by atoms with Crippen LogP contribution in [-0.2, 0) is 6.54 Å². The van der Waals surface area contributed by atoms with Gasteiger partial charge in [-0.1, -0.05) is 23.2 Å². The number of aromatic nitrogens is 1. The van der Waals surface area contributed by atoms with E-state index in [1.807, 2.05) is 0 Å². The van der Waals surface area contributed by atoms with Gasteiger partial charge in [0.1, 0.15) is 10.7 Å². The number of rotatable bonds is 4. The summed E-state index contributed by atoms with van der Waals surface area (Å²) in [5.74, 6) is -0.490. The molecule has 0 saturated heterocycles. The van der Waals surface area contributed by atoms with Crippen molar-refractivity contribution in [3.63, 3.8) is 0 Å². The number of amides is 2. The Kier molecular flexibility index (Phi) is 5.39. The van der Waals surface area contributed by atoms with Crippen LogP contribution in [0.4, 0.5) is 0 Å². The lowest BCUT2D eigenvalue weighted by Gasteiger charge is -2.16. The molecule has 0 saturated carbocycles. The average Bonchev–Trinajstić information content (AvgIpc) is 2.94. The van der Waals surface area contributed by atoms with Gasteiger partial charge in [-0.15, -0.1) is 11.3 Å². The topological polar surface area (TPSA) is 62.3 Å². The molecule has 0 aliphatic carbocycles. The van der Waals surface area contributed by atoms with Gasteiger partial charge in [-0.3, -0.25) is 9.59 Å². The molecule has 1 aromatic heterocycles. The van der Waals surface area contributed by atoms with E-state index in [1.54, 1.807) is 31.6 Å². The van der Waals surface area contributed by atoms with Crippen LogP contribution in [0, 0.1) is 0 Å². The molecule has 1 N–H and O–H groups in total. The van der Waals surface area contributed by atoms with Crippen molar-refractivity contribution in [2.75, 3.05) is 14.1 Å². The third kappa shape index (κ3) is 3.76. The van der Waals surface area contributed by atoms with Crippen molar-refractivity contribution in [2.45, 2.75) is 6.54 Å². The van der Waals surface area contributed by atoms with Gasteiger partial charge in [-0.25, -0.2) is 4.98 Å². The number of halogens is 2. The molecular formula is C14H13Cl2N3O2S. The van der Waals surface area contributed by atoms with Crippen LogP contribution in [0.3, 0.4) is 0 Å². The second-order valence-electron chi connectivity index (χ2n) is 4.49.